The lowest BCUT2D eigenvalue weighted by Gasteiger charge is -2.30. The molecule has 1 fully saturated rings. The van der Waals surface area contributed by atoms with Crippen LogP contribution >= 0.6 is 0 Å². The zero-order valence-corrected chi connectivity index (χ0v) is 10.1. The minimum atomic E-state index is -0.303. The molecule has 0 amide bonds. The fourth-order valence-corrected chi connectivity index (χ4v) is 2.02. The highest BCUT2D eigenvalue weighted by Gasteiger charge is 2.20. The van der Waals surface area contributed by atoms with E-state index < -0.39 is 0 Å². The second-order valence-electron chi connectivity index (χ2n) is 3.90. The number of ether oxygens (including phenoxy) is 2. The van der Waals surface area contributed by atoms with E-state index >= 15 is 0 Å². The molecule has 0 bridgehead atoms. The monoisotopic (exact) mass is 240 g/mol. The molecule has 1 aromatic rings. The van der Waals surface area contributed by atoms with Crippen LogP contribution in [0.25, 0.3) is 0 Å². The van der Waals surface area contributed by atoms with E-state index in [1.807, 2.05) is 4.90 Å². The summed E-state index contributed by atoms with van der Waals surface area (Å²) in [5.74, 6) is 0.685. The van der Waals surface area contributed by atoms with Crippen molar-refractivity contribution >= 4 is 5.69 Å². The van der Waals surface area contributed by atoms with Crippen molar-refractivity contribution in [3.63, 3.8) is 0 Å². The molecule has 94 valence electrons. The van der Waals surface area contributed by atoms with Gasteiger partial charge in [0.05, 0.1) is 14.2 Å². The minimum Gasteiger partial charge on any atom is -0.497 e. The second kappa shape index (κ2) is 5.23. The molecule has 1 aliphatic heterocycles. The van der Waals surface area contributed by atoms with E-state index in [4.69, 9.17) is 9.47 Å². The Bertz CT molecular complexity index is 392. The van der Waals surface area contributed by atoms with Crippen LogP contribution in [0, 0.1) is 5.82 Å². The van der Waals surface area contributed by atoms with Crippen LogP contribution < -0.4 is 19.7 Å². The Balaban J connectivity index is 2.36. The van der Waals surface area contributed by atoms with E-state index in [1.54, 1.807) is 13.2 Å². The topological polar surface area (TPSA) is 33.7 Å². The number of benzene rings is 1. The summed E-state index contributed by atoms with van der Waals surface area (Å²) in [6, 6.07) is 3.10. The van der Waals surface area contributed by atoms with Gasteiger partial charge in [-0.05, 0) is 0 Å². The first-order valence-corrected chi connectivity index (χ1v) is 5.63. The largest absolute Gasteiger partial charge is 0.497 e. The van der Waals surface area contributed by atoms with Crippen molar-refractivity contribution in [2.24, 2.45) is 0 Å². The molecule has 0 radical (unpaired) electrons. The van der Waals surface area contributed by atoms with Crippen LogP contribution in [0.2, 0.25) is 0 Å². The summed E-state index contributed by atoms with van der Waals surface area (Å²) >= 11 is 0. The average Bonchev–Trinajstić information content (AvgIpc) is 2.38. The maximum absolute atomic E-state index is 14.0. The Kier molecular flexibility index (Phi) is 3.68. The highest BCUT2D eigenvalue weighted by molar-refractivity contribution is 5.62. The Morgan fingerprint density at radius 2 is 1.88 bits per heavy atom. The molecule has 0 unspecified atom stereocenters. The Labute approximate surface area is 100 Å². The van der Waals surface area contributed by atoms with Crippen LogP contribution in [0.4, 0.5) is 10.1 Å². The number of nitrogens with one attached hydrogen (secondary N) is 1. The van der Waals surface area contributed by atoms with Gasteiger partial charge < -0.3 is 19.7 Å². The smallest absolute Gasteiger partial charge is 0.154 e. The SMILES string of the molecule is COc1cc(F)c(N2CCNCC2)c(OC)c1. The van der Waals surface area contributed by atoms with Crippen LogP contribution in [-0.4, -0.2) is 40.4 Å². The third-order valence-corrected chi connectivity index (χ3v) is 2.89. The van der Waals surface area contributed by atoms with E-state index in [0.29, 0.717) is 17.2 Å². The number of hydrogen-bond donors (Lipinski definition) is 1. The Morgan fingerprint density at radius 3 is 2.47 bits per heavy atom. The van der Waals surface area contributed by atoms with E-state index in [2.05, 4.69) is 5.32 Å². The molecule has 0 atom stereocenters. The summed E-state index contributed by atoms with van der Waals surface area (Å²) in [6.07, 6.45) is 0. The van der Waals surface area contributed by atoms with Crippen molar-refractivity contribution in [1.29, 1.82) is 0 Å². The maximum atomic E-state index is 14.0. The Hall–Kier alpha value is -1.49. The molecule has 5 heteroatoms. The van der Waals surface area contributed by atoms with Gasteiger partial charge in [-0.15, -0.1) is 0 Å². The molecule has 0 saturated carbocycles. The fourth-order valence-electron chi connectivity index (χ4n) is 2.02. The second-order valence-corrected chi connectivity index (χ2v) is 3.90. The van der Waals surface area contributed by atoms with E-state index in [-0.39, 0.29) is 5.82 Å². The van der Waals surface area contributed by atoms with Crippen molar-refractivity contribution < 1.29 is 13.9 Å². The standard InChI is InChI=1S/C12H17FN2O2/c1-16-9-7-10(13)12(11(8-9)17-2)15-5-3-14-4-6-15/h7-8,14H,3-6H2,1-2H3. The van der Waals surface area contributed by atoms with Gasteiger partial charge in [0.1, 0.15) is 17.2 Å². The predicted molar refractivity (Wildman–Crippen MR) is 64.6 cm³/mol. The van der Waals surface area contributed by atoms with Crippen molar-refractivity contribution in [2.75, 3.05) is 45.3 Å². The minimum absolute atomic E-state index is 0.303. The number of anilines is 1. The van der Waals surface area contributed by atoms with Gasteiger partial charge in [-0.25, -0.2) is 4.39 Å². The molecule has 1 saturated heterocycles. The van der Waals surface area contributed by atoms with Crippen LogP contribution in [-0.2, 0) is 0 Å². The highest BCUT2D eigenvalue weighted by atomic mass is 19.1. The lowest BCUT2D eigenvalue weighted by Crippen LogP contribution is -2.44. The average molecular weight is 240 g/mol. The summed E-state index contributed by atoms with van der Waals surface area (Å²) in [4.78, 5) is 1.99. The first kappa shape index (κ1) is 12.0. The number of methoxy groups -OCH3 is 2. The van der Waals surface area contributed by atoms with E-state index in [1.165, 1.54) is 13.2 Å². The number of piperazine rings is 1. The molecule has 17 heavy (non-hydrogen) atoms. The van der Waals surface area contributed by atoms with Crippen LogP contribution in [0.5, 0.6) is 11.5 Å². The molecule has 0 aromatic heterocycles. The van der Waals surface area contributed by atoms with Gasteiger partial charge in [-0.2, -0.15) is 0 Å². The number of hydrogen-bond acceptors (Lipinski definition) is 4. The molecular formula is C12H17FN2O2. The summed E-state index contributed by atoms with van der Waals surface area (Å²) < 4.78 is 24.3. The molecule has 0 spiro atoms. The molecule has 4 nitrogen and oxygen atoms in total. The lowest BCUT2D eigenvalue weighted by atomic mass is 10.2. The summed E-state index contributed by atoms with van der Waals surface area (Å²) in [7, 11) is 3.05. The fraction of sp³-hybridized carbons (Fsp3) is 0.500. The third kappa shape index (κ3) is 2.44. The summed E-state index contributed by atoms with van der Waals surface area (Å²) in [5, 5.41) is 3.23. The predicted octanol–water partition coefficient (Wildman–Crippen LogP) is 1.25. The summed E-state index contributed by atoms with van der Waals surface area (Å²) in [6.45, 7) is 3.27. The number of nitrogens with zero attached hydrogens (tertiary/aromatic N) is 1. The van der Waals surface area contributed by atoms with E-state index in [9.17, 15) is 4.39 Å². The maximum Gasteiger partial charge on any atom is 0.154 e. The molecular weight excluding hydrogens is 223 g/mol. The third-order valence-electron chi connectivity index (χ3n) is 2.89. The zero-order valence-electron chi connectivity index (χ0n) is 10.1. The molecule has 1 N–H and O–H groups in total. The van der Waals surface area contributed by atoms with Gasteiger partial charge in [0.2, 0.25) is 0 Å². The van der Waals surface area contributed by atoms with Gasteiger partial charge in [0.15, 0.2) is 5.82 Å². The molecule has 1 heterocycles. The molecule has 1 aliphatic rings. The van der Waals surface area contributed by atoms with Gasteiger partial charge in [0.25, 0.3) is 0 Å². The Morgan fingerprint density at radius 1 is 1.18 bits per heavy atom. The van der Waals surface area contributed by atoms with Crippen LogP contribution in [0.1, 0.15) is 0 Å². The zero-order chi connectivity index (χ0) is 12.3. The first-order valence-electron chi connectivity index (χ1n) is 5.63. The van der Waals surface area contributed by atoms with Crippen molar-refractivity contribution in [3.8, 4) is 11.5 Å². The van der Waals surface area contributed by atoms with Crippen molar-refractivity contribution in [3.05, 3.63) is 17.9 Å². The van der Waals surface area contributed by atoms with Gasteiger partial charge in [-0.1, -0.05) is 0 Å². The highest BCUT2D eigenvalue weighted by Crippen LogP contribution is 2.35. The normalized spacial score (nSPS) is 15.8. The van der Waals surface area contributed by atoms with Crippen molar-refractivity contribution in [2.45, 2.75) is 0 Å². The van der Waals surface area contributed by atoms with Gasteiger partial charge in [0, 0.05) is 38.3 Å². The first-order chi connectivity index (χ1) is 8.26. The number of halogens is 1. The molecule has 2 rings (SSSR count). The van der Waals surface area contributed by atoms with Gasteiger partial charge in [-0.3, -0.25) is 0 Å². The number of rotatable bonds is 3. The summed E-state index contributed by atoms with van der Waals surface area (Å²) in [5.41, 5.74) is 0.523. The molecule has 0 aliphatic carbocycles. The molecule has 1 aromatic carbocycles. The van der Waals surface area contributed by atoms with E-state index in [0.717, 1.165) is 26.2 Å². The lowest BCUT2D eigenvalue weighted by molar-refractivity contribution is 0.387. The quantitative estimate of drug-likeness (QED) is 0.862. The van der Waals surface area contributed by atoms with Crippen molar-refractivity contribution in [1.82, 2.24) is 5.32 Å². The van der Waals surface area contributed by atoms with Crippen LogP contribution in [0.3, 0.4) is 0 Å². The van der Waals surface area contributed by atoms with Gasteiger partial charge >= 0.3 is 0 Å². The van der Waals surface area contributed by atoms with Crippen LogP contribution in [0.15, 0.2) is 12.1 Å².